The zero-order valence-electron chi connectivity index (χ0n) is 7.89. The standard InChI is InChI=1S/C10H18O/c1-8-6-5-7-9(2,3)10(8,4)11/h5-6,8,11H,7H2,1-4H3. The minimum absolute atomic E-state index is 0.0150. The molecule has 11 heavy (non-hydrogen) atoms. The lowest BCUT2D eigenvalue weighted by molar-refractivity contribution is -0.0833. The normalized spacial score (nSPS) is 42.5. The van der Waals surface area contributed by atoms with Gasteiger partial charge in [-0.2, -0.15) is 0 Å². The Labute approximate surface area is 69.1 Å². The first-order valence-electron chi connectivity index (χ1n) is 4.27. The number of rotatable bonds is 0. The van der Waals surface area contributed by atoms with Crippen LogP contribution in [0.4, 0.5) is 0 Å². The Morgan fingerprint density at radius 3 is 2.27 bits per heavy atom. The Bertz CT molecular complexity index is 177. The molecule has 0 saturated heterocycles. The Hall–Kier alpha value is -0.300. The molecule has 2 atom stereocenters. The predicted molar refractivity (Wildman–Crippen MR) is 47.3 cm³/mol. The second kappa shape index (κ2) is 2.34. The highest BCUT2D eigenvalue weighted by atomic mass is 16.3. The van der Waals surface area contributed by atoms with Crippen molar-refractivity contribution in [1.82, 2.24) is 0 Å². The van der Waals surface area contributed by atoms with Crippen LogP contribution < -0.4 is 0 Å². The molecule has 2 unspecified atom stereocenters. The maximum absolute atomic E-state index is 10.1. The van der Waals surface area contributed by atoms with Crippen LogP contribution >= 0.6 is 0 Å². The van der Waals surface area contributed by atoms with Crippen LogP contribution in [0.5, 0.6) is 0 Å². The SMILES string of the molecule is CC1C=CCC(C)(C)C1(C)O. The molecule has 1 aliphatic carbocycles. The zero-order chi connectivity index (χ0) is 8.70. The lowest BCUT2D eigenvalue weighted by Crippen LogP contribution is -2.48. The highest BCUT2D eigenvalue weighted by molar-refractivity contribution is 5.09. The third-order valence-electron chi connectivity index (χ3n) is 3.31. The van der Waals surface area contributed by atoms with Crippen molar-refractivity contribution in [3.8, 4) is 0 Å². The summed E-state index contributed by atoms with van der Waals surface area (Å²) in [5, 5.41) is 10.1. The molecule has 0 fully saturated rings. The van der Waals surface area contributed by atoms with E-state index in [2.05, 4.69) is 32.9 Å². The molecule has 0 bridgehead atoms. The Morgan fingerprint density at radius 1 is 1.36 bits per heavy atom. The molecule has 1 aliphatic rings. The van der Waals surface area contributed by atoms with E-state index in [4.69, 9.17) is 0 Å². The largest absolute Gasteiger partial charge is 0.389 e. The van der Waals surface area contributed by atoms with Gasteiger partial charge >= 0.3 is 0 Å². The minimum Gasteiger partial charge on any atom is -0.389 e. The first-order chi connectivity index (χ1) is 4.88. The van der Waals surface area contributed by atoms with Gasteiger partial charge in [0.25, 0.3) is 0 Å². The molecule has 1 N–H and O–H groups in total. The first kappa shape index (κ1) is 8.79. The summed E-state index contributed by atoms with van der Waals surface area (Å²) in [5.74, 6) is 0.270. The molecule has 0 radical (unpaired) electrons. The van der Waals surface area contributed by atoms with Crippen LogP contribution in [-0.2, 0) is 0 Å². The van der Waals surface area contributed by atoms with E-state index < -0.39 is 5.60 Å². The van der Waals surface area contributed by atoms with E-state index in [1.54, 1.807) is 0 Å². The van der Waals surface area contributed by atoms with Gasteiger partial charge in [-0.25, -0.2) is 0 Å². The van der Waals surface area contributed by atoms with Gasteiger partial charge in [-0.05, 0) is 18.8 Å². The molecule has 64 valence electrons. The average molecular weight is 154 g/mol. The average Bonchev–Trinajstić information content (AvgIpc) is 1.84. The molecule has 0 aromatic heterocycles. The van der Waals surface area contributed by atoms with Gasteiger partial charge in [0, 0.05) is 5.92 Å². The number of allylic oxidation sites excluding steroid dienone is 1. The highest BCUT2D eigenvalue weighted by Gasteiger charge is 2.43. The molecule has 1 nitrogen and oxygen atoms in total. The van der Waals surface area contributed by atoms with Crippen molar-refractivity contribution in [3.05, 3.63) is 12.2 Å². The molecule has 0 amide bonds. The van der Waals surface area contributed by atoms with E-state index in [0.717, 1.165) is 6.42 Å². The van der Waals surface area contributed by atoms with Gasteiger partial charge in [-0.1, -0.05) is 32.9 Å². The smallest absolute Gasteiger partial charge is 0.0732 e. The van der Waals surface area contributed by atoms with Gasteiger partial charge in [-0.3, -0.25) is 0 Å². The molecule has 0 aromatic rings. The van der Waals surface area contributed by atoms with E-state index >= 15 is 0 Å². The van der Waals surface area contributed by atoms with Crippen LogP contribution in [0.3, 0.4) is 0 Å². The van der Waals surface area contributed by atoms with Crippen molar-refractivity contribution >= 4 is 0 Å². The van der Waals surface area contributed by atoms with E-state index in [-0.39, 0.29) is 11.3 Å². The molecule has 1 rings (SSSR count). The van der Waals surface area contributed by atoms with E-state index in [1.807, 2.05) is 6.92 Å². The van der Waals surface area contributed by atoms with Crippen molar-refractivity contribution < 1.29 is 5.11 Å². The van der Waals surface area contributed by atoms with Crippen LogP contribution in [-0.4, -0.2) is 10.7 Å². The number of hydrogen-bond donors (Lipinski definition) is 1. The fraction of sp³-hybridized carbons (Fsp3) is 0.800. The summed E-state index contributed by atoms with van der Waals surface area (Å²) in [6, 6.07) is 0. The fourth-order valence-corrected chi connectivity index (χ4v) is 1.58. The summed E-state index contributed by atoms with van der Waals surface area (Å²) in [6.07, 6.45) is 5.25. The van der Waals surface area contributed by atoms with Gasteiger partial charge in [0.1, 0.15) is 0 Å². The topological polar surface area (TPSA) is 20.2 Å². The molecule has 0 spiro atoms. The van der Waals surface area contributed by atoms with Crippen molar-refractivity contribution in [2.75, 3.05) is 0 Å². The number of aliphatic hydroxyl groups is 1. The van der Waals surface area contributed by atoms with Gasteiger partial charge in [0.2, 0.25) is 0 Å². The van der Waals surface area contributed by atoms with E-state index in [9.17, 15) is 5.11 Å². The van der Waals surface area contributed by atoms with Gasteiger partial charge in [-0.15, -0.1) is 0 Å². The molecule has 1 heteroatoms. The van der Waals surface area contributed by atoms with Crippen LogP contribution in [0.1, 0.15) is 34.1 Å². The summed E-state index contributed by atoms with van der Waals surface area (Å²) in [6.45, 7) is 8.23. The van der Waals surface area contributed by atoms with Gasteiger partial charge in [0.05, 0.1) is 5.60 Å². The van der Waals surface area contributed by atoms with Gasteiger partial charge < -0.3 is 5.11 Å². The summed E-state index contributed by atoms with van der Waals surface area (Å²) in [7, 11) is 0. The summed E-state index contributed by atoms with van der Waals surface area (Å²) >= 11 is 0. The monoisotopic (exact) mass is 154 g/mol. The van der Waals surface area contributed by atoms with Crippen LogP contribution in [0.25, 0.3) is 0 Å². The maximum atomic E-state index is 10.1. The number of hydrogen-bond acceptors (Lipinski definition) is 1. The van der Waals surface area contributed by atoms with Crippen molar-refractivity contribution in [2.45, 2.75) is 39.7 Å². The van der Waals surface area contributed by atoms with Crippen molar-refractivity contribution in [2.24, 2.45) is 11.3 Å². The van der Waals surface area contributed by atoms with Crippen LogP contribution in [0.2, 0.25) is 0 Å². The summed E-state index contributed by atoms with van der Waals surface area (Å²) in [4.78, 5) is 0. The van der Waals surface area contributed by atoms with Crippen LogP contribution in [0.15, 0.2) is 12.2 Å². The summed E-state index contributed by atoms with van der Waals surface area (Å²) in [5.41, 5.74) is -0.539. The molecular weight excluding hydrogens is 136 g/mol. The second-order valence-corrected chi connectivity index (χ2v) is 4.45. The Kier molecular flexibility index (Phi) is 1.87. The van der Waals surface area contributed by atoms with Crippen molar-refractivity contribution in [1.29, 1.82) is 0 Å². The third kappa shape index (κ3) is 1.22. The maximum Gasteiger partial charge on any atom is 0.0732 e. The highest BCUT2D eigenvalue weighted by Crippen LogP contribution is 2.43. The third-order valence-corrected chi connectivity index (χ3v) is 3.31. The quantitative estimate of drug-likeness (QED) is 0.531. The molecule has 0 aliphatic heterocycles. The minimum atomic E-state index is -0.554. The summed E-state index contributed by atoms with van der Waals surface area (Å²) < 4.78 is 0. The molecule has 0 aromatic carbocycles. The fourth-order valence-electron chi connectivity index (χ4n) is 1.58. The molecular formula is C10H18O. The lowest BCUT2D eigenvalue weighted by atomic mass is 9.64. The first-order valence-corrected chi connectivity index (χ1v) is 4.27. The van der Waals surface area contributed by atoms with Crippen molar-refractivity contribution in [3.63, 3.8) is 0 Å². The Morgan fingerprint density at radius 2 is 1.91 bits per heavy atom. The molecule has 0 saturated carbocycles. The predicted octanol–water partition coefficient (Wildman–Crippen LogP) is 2.36. The zero-order valence-corrected chi connectivity index (χ0v) is 7.89. The van der Waals surface area contributed by atoms with E-state index in [1.165, 1.54) is 0 Å². The van der Waals surface area contributed by atoms with Crippen LogP contribution in [0, 0.1) is 11.3 Å². The molecule has 0 heterocycles. The Balaban J connectivity index is 2.96. The van der Waals surface area contributed by atoms with Gasteiger partial charge in [0.15, 0.2) is 0 Å². The lowest BCUT2D eigenvalue weighted by Gasteiger charge is -2.45. The van der Waals surface area contributed by atoms with E-state index in [0.29, 0.717) is 0 Å². The second-order valence-electron chi connectivity index (χ2n) is 4.45.